The highest BCUT2D eigenvalue weighted by atomic mass is 32.1. The van der Waals surface area contributed by atoms with E-state index in [1.807, 2.05) is 13.8 Å². The smallest absolute Gasteiger partial charge is 0.167 e. The number of ether oxygens (including phenoxy) is 1. The molecule has 7 atom stereocenters. The van der Waals surface area contributed by atoms with Crippen LogP contribution in [0.25, 0.3) is 0 Å². The third kappa shape index (κ3) is 12.6. The minimum atomic E-state index is -1.35. The van der Waals surface area contributed by atoms with Crippen molar-refractivity contribution in [3.8, 4) is 0 Å². The molecule has 0 fully saturated rings. The Labute approximate surface area is 236 Å². The fourth-order valence-corrected chi connectivity index (χ4v) is 6.15. The molecule has 7 N–H and O–H groups in total. The Morgan fingerprint density at radius 1 is 0.921 bits per heavy atom. The summed E-state index contributed by atoms with van der Waals surface area (Å²) in [5.41, 5.74) is -0.663. The summed E-state index contributed by atoms with van der Waals surface area (Å²) in [7, 11) is 0. The molecule has 0 heterocycles. The van der Waals surface area contributed by atoms with Crippen molar-refractivity contribution in [1.82, 2.24) is 10.6 Å². The van der Waals surface area contributed by atoms with Gasteiger partial charge in [0.05, 0.1) is 31.0 Å². The topological polar surface area (TPSA) is 134 Å². The van der Waals surface area contributed by atoms with Gasteiger partial charge < -0.3 is 40.9 Å². The Kier molecular flexibility index (Phi) is 12.7. The van der Waals surface area contributed by atoms with E-state index in [4.69, 9.17) is 17.0 Å². The molecule has 1 aliphatic carbocycles. The summed E-state index contributed by atoms with van der Waals surface area (Å²) in [4.78, 5) is 0. The minimum absolute atomic E-state index is 0.00762. The molecule has 0 aromatic heterocycles. The number of rotatable bonds is 11. The van der Waals surface area contributed by atoms with Gasteiger partial charge in [0.25, 0.3) is 0 Å². The summed E-state index contributed by atoms with van der Waals surface area (Å²) in [6.45, 7) is 20.9. The van der Waals surface area contributed by atoms with Gasteiger partial charge in [0, 0.05) is 12.0 Å². The summed E-state index contributed by atoms with van der Waals surface area (Å²) in [5.74, 6) is 0. The second-order valence-corrected chi connectivity index (χ2v) is 15.3. The van der Waals surface area contributed by atoms with Crippen molar-refractivity contribution < 1.29 is 30.3 Å². The molecule has 1 rings (SSSR count). The molecule has 1 aliphatic rings. The first-order valence-electron chi connectivity index (χ1n) is 13.8. The number of hydrogen-bond donors (Lipinski definition) is 7. The first-order valence-corrected chi connectivity index (χ1v) is 14.2. The molecule has 0 amide bonds. The van der Waals surface area contributed by atoms with Crippen LogP contribution in [0.2, 0.25) is 0 Å². The minimum Gasteiger partial charge on any atom is -0.392 e. The normalized spacial score (nSPS) is 25.9. The first-order chi connectivity index (χ1) is 17.0. The van der Waals surface area contributed by atoms with Crippen LogP contribution in [0, 0.1) is 16.2 Å². The zero-order valence-electron chi connectivity index (χ0n) is 25.3. The number of aliphatic hydroxyl groups excluding tert-OH is 5. The van der Waals surface area contributed by atoms with E-state index in [9.17, 15) is 25.5 Å². The van der Waals surface area contributed by atoms with Crippen molar-refractivity contribution in [2.45, 2.75) is 143 Å². The predicted molar refractivity (Wildman–Crippen MR) is 157 cm³/mol. The van der Waals surface area contributed by atoms with E-state index in [2.05, 4.69) is 66.0 Å². The van der Waals surface area contributed by atoms with E-state index >= 15 is 0 Å². The van der Waals surface area contributed by atoms with Crippen LogP contribution in [0.4, 0.5) is 0 Å². The summed E-state index contributed by atoms with van der Waals surface area (Å²) in [6, 6.07) is -0.702. The summed E-state index contributed by atoms with van der Waals surface area (Å²) in [5, 5.41) is 59.8. The first kappa shape index (κ1) is 35.2. The molecule has 8 nitrogen and oxygen atoms in total. The van der Waals surface area contributed by atoms with Gasteiger partial charge in [0.2, 0.25) is 0 Å². The van der Waals surface area contributed by atoms with Crippen molar-refractivity contribution >= 4 is 17.3 Å². The van der Waals surface area contributed by atoms with Crippen LogP contribution in [0.15, 0.2) is 12.2 Å². The van der Waals surface area contributed by atoms with Crippen LogP contribution >= 0.6 is 12.2 Å². The lowest BCUT2D eigenvalue weighted by Crippen LogP contribution is -2.56. The molecule has 0 spiro atoms. The molecule has 9 heteroatoms. The SMILES string of the molecule is CC(C)(C)CC(C)(C)NC(=S)NC(COC1C=CCC(O)C(O)C1O)C(O)CC(O)C(C)(C)CC(C)(C)C. The average molecular weight is 561 g/mol. The molecule has 0 saturated heterocycles. The maximum atomic E-state index is 11.3. The molecular formula is C29H56N2O6S. The van der Waals surface area contributed by atoms with Crippen LogP contribution in [-0.2, 0) is 4.74 Å². The van der Waals surface area contributed by atoms with Gasteiger partial charge in [-0.05, 0) is 61.6 Å². The van der Waals surface area contributed by atoms with Gasteiger partial charge in [0.1, 0.15) is 18.3 Å². The largest absolute Gasteiger partial charge is 0.392 e. The van der Waals surface area contributed by atoms with Crippen LogP contribution in [-0.4, -0.2) is 85.5 Å². The number of aliphatic hydroxyl groups is 5. The van der Waals surface area contributed by atoms with Gasteiger partial charge in [0.15, 0.2) is 5.11 Å². The lowest BCUT2D eigenvalue weighted by Gasteiger charge is -2.39. The van der Waals surface area contributed by atoms with E-state index in [0.29, 0.717) is 5.11 Å². The molecule has 0 radical (unpaired) electrons. The number of nitrogens with one attached hydrogen (secondary N) is 2. The van der Waals surface area contributed by atoms with E-state index in [1.165, 1.54) is 0 Å². The third-order valence-electron chi connectivity index (χ3n) is 6.81. The molecule has 7 unspecified atom stereocenters. The van der Waals surface area contributed by atoms with E-state index in [-0.39, 0.29) is 35.8 Å². The van der Waals surface area contributed by atoms with Gasteiger partial charge in [-0.25, -0.2) is 0 Å². The predicted octanol–water partition coefficient (Wildman–Crippen LogP) is 3.04. The monoisotopic (exact) mass is 560 g/mol. The molecule has 0 aliphatic heterocycles. The van der Waals surface area contributed by atoms with Crippen LogP contribution in [0.1, 0.15) is 94.9 Å². The van der Waals surface area contributed by atoms with Crippen molar-refractivity contribution in [2.75, 3.05) is 6.61 Å². The third-order valence-corrected chi connectivity index (χ3v) is 7.03. The Bertz CT molecular complexity index is 774. The second kappa shape index (κ2) is 13.7. The fraction of sp³-hybridized carbons (Fsp3) is 0.897. The summed E-state index contributed by atoms with van der Waals surface area (Å²) >= 11 is 5.61. The van der Waals surface area contributed by atoms with Crippen molar-refractivity contribution in [1.29, 1.82) is 0 Å². The molecule has 0 aromatic rings. The van der Waals surface area contributed by atoms with Crippen LogP contribution in [0.5, 0.6) is 0 Å². The Hall–Kier alpha value is -0.810. The van der Waals surface area contributed by atoms with Crippen molar-refractivity contribution in [3.05, 3.63) is 12.2 Å². The van der Waals surface area contributed by atoms with Crippen LogP contribution in [0.3, 0.4) is 0 Å². The van der Waals surface area contributed by atoms with Gasteiger partial charge in [-0.3, -0.25) is 0 Å². The van der Waals surface area contributed by atoms with E-state index in [0.717, 1.165) is 12.8 Å². The van der Waals surface area contributed by atoms with E-state index in [1.54, 1.807) is 12.2 Å². The quantitative estimate of drug-likeness (QED) is 0.150. The number of thiocarbonyl (C=S) groups is 1. The van der Waals surface area contributed by atoms with Gasteiger partial charge >= 0.3 is 0 Å². The van der Waals surface area contributed by atoms with Gasteiger partial charge in [-0.15, -0.1) is 0 Å². The molecule has 0 bridgehead atoms. The Morgan fingerprint density at radius 3 is 2.00 bits per heavy atom. The highest BCUT2D eigenvalue weighted by molar-refractivity contribution is 7.80. The highest BCUT2D eigenvalue weighted by Crippen LogP contribution is 2.37. The van der Waals surface area contributed by atoms with Crippen LogP contribution < -0.4 is 10.6 Å². The number of hydrogen-bond acceptors (Lipinski definition) is 7. The van der Waals surface area contributed by atoms with Gasteiger partial charge in [-0.2, -0.15) is 0 Å². The lowest BCUT2D eigenvalue weighted by atomic mass is 9.71. The average Bonchev–Trinajstić information content (AvgIpc) is 2.80. The Balaban J connectivity index is 3.04. The molecule has 0 aromatic carbocycles. The molecular weight excluding hydrogens is 504 g/mol. The maximum absolute atomic E-state index is 11.3. The molecule has 38 heavy (non-hydrogen) atoms. The lowest BCUT2D eigenvalue weighted by molar-refractivity contribution is -0.111. The van der Waals surface area contributed by atoms with Crippen molar-refractivity contribution in [3.63, 3.8) is 0 Å². The Morgan fingerprint density at radius 2 is 1.47 bits per heavy atom. The molecule has 0 saturated carbocycles. The van der Waals surface area contributed by atoms with Crippen molar-refractivity contribution in [2.24, 2.45) is 16.2 Å². The van der Waals surface area contributed by atoms with E-state index < -0.39 is 48.1 Å². The second-order valence-electron chi connectivity index (χ2n) is 14.9. The van der Waals surface area contributed by atoms with Gasteiger partial charge in [-0.1, -0.05) is 67.5 Å². The standard InChI is InChI=1S/C29H56N2O6S/c1-26(2,3)16-28(7,8)22(34)14-20(33)18(30-25(38)31-29(9,10)17-27(4,5)6)15-37-21-13-11-12-19(32)23(35)24(21)36/h11,13,18-24,32-36H,12,14-17H2,1-10H3,(H2,30,31,38). The summed E-state index contributed by atoms with van der Waals surface area (Å²) < 4.78 is 5.94. The maximum Gasteiger partial charge on any atom is 0.167 e. The zero-order chi connectivity index (χ0) is 29.7. The summed E-state index contributed by atoms with van der Waals surface area (Å²) in [6.07, 6.45) is -1.25. The fourth-order valence-electron chi connectivity index (χ4n) is 5.72. The molecule has 224 valence electrons. The zero-order valence-corrected chi connectivity index (χ0v) is 26.1. The highest BCUT2D eigenvalue weighted by Gasteiger charge is 2.37.